The Morgan fingerprint density at radius 1 is 0.311 bits per heavy atom. The Bertz CT molecular complexity index is 4570. The van der Waals surface area contributed by atoms with E-state index in [1.54, 1.807) is 0 Å². The molecule has 4 aromatic heterocycles. The van der Waals surface area contributed by atoms with Crippen LogP contribution in [0.3, 0.4) is 0 Å². The molecule has 4 heterocycles. The topological polar surface area (TPSA) is 67.2 Å². The maximum atomic E-state index is 5.19. The summed E-state index contributed by atoms with van der Waals surface area (Å²) in [7, 11) is 0. The second-order valence-electron chi connectivity index (χ2n) is 19.2. The van der Waals surface area contributed by atoms with E-state index in [4.69, 9.17) is 10.1 Å². The molecule has 11 aromatic carbocycles. The largest absolute Gasteiger partial charge is 0.354 e. The van der Waals surface area contributed by atoms with Crippen LogP contribution in [-0.4, -0.2) is 29.3 Å². The van der Waals surface area contributed by atoms with Gasteiger partial charge in [-0.2, -0.15) is 5.10 Å². The van der Waals surface area contributed by atoms with Crippen LogP contribution >= 0.6 is 0 Å². The molecule has 74 heavy (non-hydrogen) atoms. The van der Waals surface area contributed by atoms with Crippen LogP contribution in [0.4, 0.5) is 0 Å². The van der Waals surface area contributed by atoms with Crippen molar-refractivity contribution in [3.8, 4) is 78.7 Å². The number of para-hydroxylation sites is 5. The molecular weight excluding hydrogens is 901 g/mol. The molecule has 15 rings (SSSR count). The molecule has 346 valence electrons. The third-order valence-electron chi connectivity index (χ3n) is 14.9. The quantitative estimate of drug-likeness (QED) is 0.159. The molecule has 0 aliphatic carbocycles. The van der Waals surface area contributed by atoms with E-state index in [2.05, 4.69) is 274 Å². The summed E-state index contributed by atoms with van der Waals surface area (Å²) in [5.41, 5.74) is 20.1. The van der Waals surface area contributed by atoms with E-state index in [1.165, 1.54) is 43.4 Å². The second-order valence-corrected chi connectivity index (χ2v) is 19.2. The monoisotopic (exact) mass is 944 g/mol. The maximum absolute atomic E-state index is 5.19. The highest BCUT2D eigenvalue weighted by Crippen LogP contribution is 2.41. The van der Waals surface area contributed by atoms with Gasteiger partial charge in [-0.1, -0.05) is 182 Å². The van der Waals surface area contributed by atoms with E-state index >= 15 is 0 Å². The van der Waals surface area contributed by atoms with Gasteiger partial charge in [-0.15, -0.1) is 0 Å². The molecule has 0 bridgehead atoms. The summed E-state index contributed by atoms with van der Waals surface area (Å²) in [6.45, 7) is 0. The van der Waals surface area contributed by atoms with Crippen LogP contribution in [0, 0.1) is 0 Å². The number of hydrogen-bond donors (Lipinski definition) is 2. The Balaban J connectivity index is 0.829. The summed E-state index contributed by atoms with van der Waals surface area (Å²) in [6.07, 6.45) is 0. The van der Waals surface area contributed by atoms with Gasteiger partial charge in [-0.25, -0.2) is 4.98 Å². The first kappa shape index (κ1) is 41.7. The normalized spacial score (nSPS) is 11.8. The predicted molar refractivity (Wildman–Crippen MR) is 307 cm³/mol. The van der Waals surface area contributed by atoms with Gasteiger partial charge in [0.2, 0.25) is 0 Å². The molecule has 0 spiro atoms. The Hall–Kier alpha value is -10.0. The van der Waals surface area contributed by atoms with E-state index in [9.17, 15) is 0 Å². The molecule has 2 N–H and O–H groups in total. The lowest BCUT2D eigenvalue weighted by Gasteiger charge is -2.16. The molecule has 0 radical (unpaired) electrons. The average molecular weight is 945 g/mol. The fourth-order valence-corrected chi connectivity index (χ4v) is 11.5. The fraction of sp³-hybridized carbons (Fsp3) is 0. The van der Waals surface area contributed by atoms with E-state index in [0.29, 0.717) is 11.6 Å². The predicted octanol–water partition coefficient (Wildman–Crippen LogP) is 17.6. The van der Waals surface area contributed by atoms with Crippen LogP contribution in [0.5, 0.6) is 0 Å². The lowest BCUT2D eigenvalue weighted by molar-refractivity contribution is 1.10. The molecule has 15 aromatic rings. The van der Waals surface area contributed by atoms with Gasteiger partial charge < -0.3 is 14.1 Å². The van der Waals surface area contributed by atoms with Crippen molar-refractivity contribution in [2.45, 2.75) is 0 Å². The molecule has 0 atom stereocenters. The molecular formula is C68H44N6. The zero-order chi connectivity index (χ0) is 48.7. The van der Waals surface area contributed by atoms with Crippen molar-refractivity contribution in [3.05, 3.63) is 255 Å². The van der Waals surface area contributed by atoms with Gasteiger partial charge in [-0.05, 0) is 106 Å². The van der Waals surface area contributed by atoms with Gasteiger partial charge in [0.15, 0.2) is 11.6 Å². The molecule has 0 saturated heterocycles. The number of benzene rings is 11. The first-order valence-corrected chi connectivity index (χ1v) is 25.1. The number of hydrogen-bond acceptors (Lipinski definition) is 2. The Labute approximate surface area is 426 Å². The molecule has 0 aliphatic heterocycles. The van der Waals surface area contributed by atoms with Crippen molar-refractivity contribution >= 4 is 65.4 Å². The summed E-state index contributed by atoms with van der Waals surface area (Å²) in [4.78, 5) is 8.99. The number of rotatable bonds is 8. The molecule has 0 unspecified atom stereocenters. The first-order valence-electron chi connectivity index (χ1n) is 25.1. The molecule has 0 fully saturated rings. The van der Waals surface area contributed by atoms with Gasteiger partial charge in [0, 0.05) is 65.8 Å². The van der Waals surface area contributed by atoms with Crippen LogP contribution in [0.2, 0.25) is 0 Å². The zero-order valence-corrected chi connectivity index (χ0v) is 40.0. The van der Waals surface area contributed by atoms with Gasteiger partial charge in [0.1, 0.15) is 0 Å². The maximum Gasteiger partial charge on any atom is 0.181 e. The average Bonchev–Trinajstić information content (AvgIpc) is 4.29. The zero-order valence-electron chi connectivity index (χ0n) is 40.0. The minimum Gasteiger partial charge on any atom is -0.354 e. The fourth-order valence-electron chi connectivity index (χ4n) is 11.5. The highest BCUT2D eigenvalue weighted by Gasteiger charge is 2.20. The second kappa shape index (κ2) is 16.8. The Morgan fingerprint density at radius 2 is 0.824 bits per heavy atom. The summed E-state index contributed by atoms with van der Waals surface area (Å²) in [5, 5.41) is 15.5. The molecule has 6 heteroatoms. The van der Waals surface area contributed by atoms with Crippen LogP contribution in [0.1, 0.15) is 0 Å². The minimum atomic E-state index is 0.637. The number of nitrogens with one attached hydrogen (secondary N) is 2. The van der Waals surface area contributed by atoms with E-state index in [-0.39, 0.29) is 0 Å². The van der Waals surface area contributed by atoms with Crippen LogP contribution in [0.25, 0.3) is 144 Å². The van der Waals surface area contributed by atoms with Gasteiger partial charge in [0.05, 0.1) is 33.3 Å². The number of nitrogens with zero attached hydrogens (tertiary/aromatic N) is 4. The van der Waals surface area contributed by atoms with Crippen LogP contribution in [0.15, 0.2) is 255 Å². The summed E-state index contributed by atoms with van der Waals surface area (Å²) >= 11 is 0. The van der Waals surface area contributed by atoms with Crippen LogP contribution in [-0.2, 0) is 0 Å². The van der Waals surface area contributed by atoms with Gasteiger partial charge in [-0.3, -0.25) is 5.10 Å². The number of fused-ring (bicyclic) bond motifs is 9. The van der Waals surface area contributed by atoms with Gasteiger partial charge >= 0.3 is 0 Å². The third-order valence-corrected chi connectivity index (χ3v) is 14.9. The molecule has 6 nitrogen and oxygen atoms in total. The van der Waals surface area contributed by atoms with E-state index < -0.39 is 0 Å². The standard InChI is InChI=1S/C68H44N6/c1-2-16-43(17-3-1)52-28-15-29-58-53-36-34-47(42-60(53)69-66(52)58)45-19-12-18-44(38-45)46-20-13-21-48(39-46)59-41-50(35-37-65(59)74-63-32-10-6-26-56(63)57-27-7-11-33-64(57)74)68-70-67(71-72-68)49-22-14-23-51(40-49)73-61-30-8-4-24-54(61)55-25-5-9-31-62(55)73/h1-42,69H,(H,70,71,72). The highest BCUT2D eigenvalue weighted by molar-refractivity contribution is 6.13. The summed E-state index contributed by atoms with van der Waals surface area (Å²) < 4.78 is 4.74. The summed E-state index contributed by atoms with van der Waals surface area (Å²) in [6, 6.07) is 91.6. The van der Waals surface area contributed by atoms with Crippen molar-refractivity contribution in [1.29, 1.82) is 0 Å². The SMILES string of the molecule is c1ccc(-c2cccc3c2[nH]c2cc(-c4cccc(-c5cccc(-c6cc(-c7nc(-c8cccc(-n9c%10ccccc%10c%10ccccc%109)c8)n[nH]7)ccc6-n6c7ccccc7c7ccccc76)c5)c4)ccc23)cc1. The van der Waals surface area contributed by atoms with E-state index in [1.807, 2.05) is 0 Å². The van der Waals surface area contributed by atoms with Crippen molar-refractivity contribution in [2.24, 2.45) is 0 Å². The van der Waals surface area contributed by atoms with Crippen molar-refractivity contribution < 1.29 is 0 Å². The van der Waals surface area contributed by atoms with Crippen molar-refractivity contribution in [2.75, 3.05) is 0 Å². The van der Waals surface area contributed by atoms with Crippen LogP contribution < -0.4 is 0 Å². The van der Waals surface area contributed by atoms with E-state index in [0.717, 1.165) is 89.0 Å². The molecule has 0 aliphatic rings. The number of H-pyrrole nitrogens is 2. The lowest BCUT2D eigenvalue weighted by atomic mass is 9.94. The Kier molecular flexibility index (Phi) is 9.47. The number of aromatic amines is 2. The molecule has 0 saturated carbocycles. The first-order chi connectivity index (χ1) is 36.7. The lowest BCUT2D eigenvalue weighted by Crippen LogP contribution is -1.98. The van der Waals surface area contributed by atoms with Crippen molar-refractivity contribution in [1.82, 2.24) is 29.3 Å². The van der Waals surface area contributed by atoms with Crippen molar-refractivity contribution in [3.63, 3.8) is 0 Å². The smallest absolute Gasteiger partial charge is 0.181 e. The number of aromatic nitrogens is 6. The highest BCUT2D eigenvalue weighted by atomic mass is 15.2. The summed E-state index contributed by atoms with van der Waals surface area (Å²) in [5.74, 6) is 1.34. The Morgan fingerprint density at radius 3 is 1.50 bits per heavy atom. The van der Waals surface area contributed by atoms with Gasteiger partial charge in [0.25, 0.3) is 0 Å². The third kappa shape index (κ3) is 6.73. The minimum absolute atomic E-state index is 0.637. The molecule has 0 amide bonds.